The Morgan fingerprint density at radius 3 is 2.62 bits per heavy atom. The smallest absolute Gasteiger partial charge is 0.397 e. The molecule has 1 aliphatic heterocycles. The van der Waals surface area contributed by atoms with Crippen LogP contribution in [0.25, 0.3) is 0 Å². The van der Waals surface area contributed by atoms with Crippen molar-refractivity contribution in [1.82, 2.24) is 4.98 Å². The largest absolute Gasteiger partial charge is 0.416 e. The second-order valence-electron chi connectivity index (χ2n) is 5.94. The number of halogens is 3. The number of hydrogen-bond acceptors (Lipinski definition) is 5. The van der Waals surface area contributed by atoms with Gasteiger partial charge in [0.05, 0.1) is 34.1 Å². The van der Waals surface area contributed by atoms with Crippen LogP contribution in [0.3, 0.4) is 0 Å². The van der Waals surface area contributed by atoms with Crippen molar-refractivity contribution in [2.45, 2.75) is 30.5 Å². The Balaban J connectivity index is 2.18. The molecular weight excluding hydrogens is 371 g/mol. The van der Waals surface area contributed by atoms with Crippen LogP contribution in [0.2, 0.25) is 0 Å². The summed E-state index contributed by atoms with van der Waals surface area (Å²) in [4.78, 5) is 15.5. The van der Waals surface area contributed by atoms with E-state index in [0.29, 0.717) is 6.07 Å². The lowest BCUT2D eigenvalue weighted by atomic mass is 10.0. The number of nitrogens with two attached hydrogens (primary N) is 1. The molecular formula is C16H14F3N3O3S. The van der Waals surface area contributed by atoms with Gasteiger partial charge in [0.1, 0.15) is 5.69 Å². The molecule has 6 nitrogen and oxygen atoms in total. The van der Waals surface area contributed by atoms with E-state index in [1.165, 1.54) is 19.2 Å². The van der Waals surface area contributed by atoms with Crippen molar-refractivity contribution < 1.29 is 26.4 Å². The Hall–Kier alpha value is -2.62. The van der Waals surface area contributed by atoms with Crippen molar-refractivity contribution in [3.63, 3.8) is 0 Å². The Bertz CT molecular complexity index is 990. The van der Waals surface area contributed by atoms with Crippen LogP contribution in [-0.2, 0) is 16.2 Å². The molecule has 1 aliphatic rings. The van der Waals surface area contributed by atoms with Crippen LogP contribution in [0.15, 0.2) is 41.4 Å². The molecule has 1 aromatic heterocycles. The lowest BCUT2D eigenvalue weighted by Crippen LogP contribution is -2.44. The highest BCUT2D eigenvalue weighted by molar-refractivity contribution is 7.92. The molecule has 0 aliphatic carbocycles. The van der Waals surface area contributed by atoms with E-state index in [1.54, 1.807) is 0 Å². The number of rotatable bonds is 2. The second kappa shape index (κ2) is 5.97. The highest BCUT2D eigenvalue weighted by atomic mass is 32.2. The van der Waals surface area contributed by atoms with E-state index in [-0.39, 0.29) is 29.3 Å². The van der Waals surface area contributed by atoms with Crippen LogP contribution < -0.4 is 10.0 Å². The summed E-state index contributed by atoms with van der Waals surface area (Å²) >= 11 is 0. The molecule has 10 heteroatoms. The van der Waals surface area contributed by atoms with Crippen LogP contribution in [0.1, 0.15) is 29.4 Å². The average molecular weight is 385 g/mol. The van der Waals surface area contributed by atoms with E-state index in [1.807, 2.05) is 0 Å². The van der Waals surface area contributed by atoms with Gasteiger partial charge >= 0.3 is 6.18 Å². The molecule has 2 N–H and O–H groups in total. The van der Waals surface area contributed by atoms with Gasteiger partial charge in [-0.05, 0) is 31.2 Å². The zero-order chi connectivity index (χ0) is 19.3. The molecule has 1 aromatic carbocycles. The predicted octanol–water partition coefficient (Wildman–Crippen LogP) is 2.85. The Kier molecular flexibility index (Phi) is 4.18. The third-order valence-electron chi connectivity index (χ3n) is 3.99. The first-order chi connectivity index (χ1) is 12.0. The van der Waals surface area contributed by atoms with Gasteiger partial charge in [-0.1, -0.05) is 6.07 Å². The standard InChI is InChI=1S/C16H14F3N3O3S/c1-9-5-14(23)15-13(7-11(20)8-21-15)22(9)26(24,25)12-4-2-3-10(6-12)16(17,18)19/h2-4,6-9H,5,20H2,1H3/t9-/m0/s1. The first kappa shape index (κ1) is 18.2. The fraction of sp³-hybridized carbons (Fsp3) is 0.250. The summed E-state index contributed by atoms with van der Waals surface area (Å²) < 4.78 is 65.8. The summed E-state index contributed by atoms with van der Waals surface area (Å²) in [6.07, 6.45) is -3.59. The Morgan fingerprint density at radius 1 is 1.27 bits per heavy atom. The predicted molar refractivity (Wildman–Crippen MR) is 88.2 cm³/mol. The number of anilines is 2. The molecule has 0 fully saturated rings. The number of nitrogen functional groups attached to an aromatic ring is 1. The molecule has 0 radical (unpaired) electrons. The van der Waals surface area contributed by atoms with E-state index >= 15 is 0 Å². The van der Waals surface area contributed by atoms with Gasteiger partial charge in [0.2, 0.25) is 0 Å². The van der Waals surface area contributed by atoms with Gasteiger partial charge in [0.25, 0.3) is 10.0 Å². The summed E-state index contributed by atoms with van der Waals surface area (Å²) in [6, 6.07) is 3.94. The zero-order valence-corrected chi connectivity index (χ0v) is 14.3. The number of aromatic nitrogens is 1. The number of benzene rings is 1. The van der Waals surface area contributed by atoms with Crippen molar-refractivity contribution in [2.24, 2.45) is 0 Å². The third kappa shape index (κ3) is 3.00. The topological polar surface area (TPSA) is 93.4 Å². The van der Waals surface area contributed by atoms with E-state index in [4.69, 9.17) is 5.73 Å². The molecule has 0 bridgehead atoms. The third-order valence-corrected chi connectivity index (χ3v) is 5.91. The van der Waals surface area contributed by atoms with Gasteiger partial charge in [-0.3, -0.25) is 9.10 Å². The lowest BCUT2D eigenvalue weighted by molar-refractivity contribution is -0.137. The number of nitrogens with zero attached hydrogens (tertiary/aromatic N) is 2. The fourth-order valence-corrected chi connectivity index (χ4v) is 4.55. The van der Waals surface area contributed by atoms with Crippen LogP contribution in [0.5, 0.6) is 0 Å². The summed E-state index contributed by atoms with van der Waals surface area (Å²) in [6.45, 7) is 1.50. The number of carbonyl (C=O) groups excluding carboxylic acids is 1. The van der Waals surface area contributed by atoms with E-state index in [9.17, 15) is 26.4 Å². The zero-order valence-electron chi connectivity index (χ0n) is 13.5. The average Bonchev–Trinajstić information content (AvgIpc) is 2.53. The minimum atomic E-state index is -4.68. The van der Waals surface area contributed by atoms with Gasteiger partial charge in [-0.2, -0.15) is 13.2 Å². The maximum absolute atomic E-state index is 13.0. The Labute approximate surface area is 147 Å². The number of hydrogen-bond donors (Lipinski definition) is 1. The van der Waals surface area contributed by atoms with E-state index < -0.39 is 32.7 Å². The maximum Gasteiger partial charge on any atom is 0.416 e. The van der Waals surface area contributed by atoms with Crippen LogP contribution in [0.4, 0.5) is 24.5 Å². The minimum Gasteiger partial charge on any atom is -0.397 e. The van der Waals surface area contributed by atoms with Crippen molar-refractivity contribution in [1.29, 1.82) is 0 Å². The van der Waals surface area contributed by atoms with E-state index in [2.05, 4.69) is 4.98 Å². The van der Waals surface area contributed by atoms with Gasteiger partial charge in [0.15, 0.2) is 5.78 Å². The van der Waals surface area contributed by atoms with Crippen LogP contribution in [0, 0.1) is 0 Å². The second-order valence-corrected chi connectivity index (χ2v) is 7.75. The number of pyridine rings is 1. The number of sulfonamides is 1. The number of fused-ring (bicyclic) bond motifs is 1. The first-order valence-electron chi connectivity index (χ1n) is 7.52. The molecule has 0 amide bonds. The molecule has 3 rings (SSSR count). The number of alkyl halides is 3. The maximum atomic E-state index is 13.0. The van der Waals surface area contributed by atoms with Gasteiger partial charge in [-0.25, -0.2) is 13.4 Å². The highest BCUT2D eigenvalue weighted by Crippen LogP contribution is 2.37. The summed E-state index contributed by atoms with van der Waals surface area (Å²) in [5.74, 6) is -0.358. The van der Waals surface area contributed by atoms with Crippen molar-refractivity contribution in [2.75, 3.05) is 10.0 Å². The SMILES string of the molecule is C[C@H]1CC(=O)c2ncc(N)cc2N1S(=O)(=O)c1cccc(C(F)(F)F)c1. The number of Topliss-reactive ketones (excluding diaryl/α,β-unsaturated/α-hetero) is 1. The van der Waals surface area contributed by atoms with Crippen LogP contribution in [-0.4, -0.2) is 25.2 Å². The summed E-state index contributed by atoms with van der Waals surface area (Å²) in [5, 5.41) is 0. The Morgan fingerprint density at radius 2 is 1.96 bits per heavy atom. The van der Waals surface area contributed by atoms with Crippen LogP contribution >= 0.6 is 0 Å². The monoisotopic (exact) mass is 385 g/mol. The van der Waals surface area contributed by atoms with E-state index in [0.717, 1.165) is 22.5 Å². The fourth-order valence-electron chi connectivity index (χ4n) is 2.85. The van der Waals surface area contributed by atoms with Gasteiger partial charge < -0.3 is 5.73 Å². The minimum absolute atomic E-state index is 0.0360. The quantitative estimate of drug-likeness (QED) is 0.858. The molecule has 0 spiro atoms. The van der Waals surface area contributed by atoms with Crippen molar-refractivity contribution in [3.05, 3.63) is 47.8 Å². The van der Waals surface area contributed by atoms with Gasteiger partial charge in [-0.15, -0.1) is 0 Å². The molecule has 1 atom stereocenters. The van der Waals surface area contributed by atoms with Gasteiger partial charge in [0, 0.05) is 6.42 Å². The molecule has 0 unspecified atom stereocenters. The molecule has 0 saturated carbocycles. The summed E-state index contributed by atoms with van der Waals surface area (Å²) in [7, 11) is -4.36. The summed E-state index contributed by atoms with van der Waals surface area (Å²) in [5.41, 5.74) is 4.60. The van der Waals surface area contributed by atoms with Crippen molar-refractivity contribution in [3.8, 4) is 0 Å². The molecule has 138 valence electrons. The highest BCUT2D eigenvalue weighted by Gasteiger charge is 2.39. The normalized spacial score (nSPS) is 17.9. The lowest BCUT2D eigenvalue weighted by Gasteiger charge is -2.34. The van der Waals surface area contributed by atoms with Crippen molar-refractivity contribution >= 4 is 27.2 Å². The first-order valence-corrected chi connectivity index (χ1v) is 8.96. The molecule has 2 heterocycles. The number of ketones is 1. The molecule has 2 aromatic rings. The molecule has 0 saturated heterocycles. The molecule has 26 heavy (non-hydrogen) atoms. The number of carbonyl (C=O) groups is 1.